The molecule has 4 N–H and O–H groups in total. The van der Waals surface area contributed by atoms with Gasteiger partial charge in [-0.15, -0.1) is 6.58 Å². The predicted octanol–water partition coefficient (Wildman–Crippen LogP) is 3.18. The molecule has 0 saturated heterocycles. The van der Waals surface area contributed by atoms with E-state index in [0.717, 1.165) is 11.1 Å². The zero-order chi connectivity index (χ0) is 22.2. The van der Waals surface area contributed by atoms with E-state index in [-0.39, 0.29) is 5.84 Å². The van der Waals surface area contributed by atoms with Gasteiger partial charge in [-0.3, -0.25) is 5.41 Å². The second-order valence-corrected chi connectivity index (χ2v) is 7.02. The number of rotatable bonds is 10. The molecule has 0 radical (unpaired) electrons. The molecular formula is C25H24N3O3-. The van der Waals surface area contributed by atoms with Crippen LogP contribution in [-0.4, -0.2) is 11.8 Å². The monoisotopic (exact) mass is 414 g/mol. The third kappa shape index (κ3) is 5.73. The average molecular weight is 414 g/mol. The number of aliphatic carboxylic acids is 1. The van der Waals surface area contributed by atoms with E-state index in [1.807, 2.05) is 30.3 Å². The van der Waals surface area contributed by atoms with E-state index in [0.29, 0.717) is 35.6 Å². The maximum atomic E-state index is 11.9. The lowest BCUT2D eigenvalue weighted by Crippen LogP contribution is -2.34. The Morgan fingerprint density at radius 1 is 1.13 bits per heavy atom. The van der Waals surface area contributed by atoms with Crippen LogP contribution in [0.15, 0.2) is 85.5 Å². The van der Waals surface area contributed by atoms with Crippen LogP contribution in [0.3, 0.4) is 0 Å². The first-order chi connectivity index (χ1) is 15.0. The summed E-state index contributed by atoms with van der Waals surface area (Å²) in [5, 5.41) is 22.3. The molecule has 0 amide bonds. The number of carboxylic acids is 1. The molecule has 0 aliphatic carbocycles. The minimum atomic E-state index is -1.25. The minimum Gasteiger partial charge on any atom is -0.548 e. The molecule has 6 nitrogen and oxygen atoms in total. The third-order valence-corrected chi connectivity index (χ3v) is 4.76. The van der Waals surface area contributed by atoms with Crippen molar-refractivity contribution in [2.75, 3.05) is 5.32 Å². The second-order valence-electron chi connectivity index (χ2n) is 7.02. The zero-order valence-electron chi connectivity index (χ0n) is 17.0. The van der Waals surface area contributed by atoms with Crippen LogP contribution in [0.25, 0.3) is 0 Å². The molecule has 0 aliphatic heterocycles. The number of nitrogen functional groups attached to an aromatic ring is 1. The van der Waals surface area contributed by atoms with Crippen molar-refractivity contribution >= 4 is 17.5 Å². The van der Waals surface area contributed by atoms with Gasteiger partial charge in [0.2, 0.25) is 0 Å². The van der Waals surface area contributed by atoms with Crippen LogP contribution in [0.4, 0.5) is 5.69 Å². The van der Waals surface area contributed by atoms with Gasteiger partial charge in [0.1, 0.15) is 18.2 Å². The van der Waals surface area contributed by atoms with Crippen molar-refractivity contribution in [3.05, 3.63) is 108 Å². The van der Waals surface area contributed by atoms with Crippen molar-refractivity contribution < 1.29 is 14.6 Å². The number of allylic oxidation sites excluding steroid dienone is 1. The van der Waals surface area contributed by atoms with Crippen LogP contribution in [-0.2, 0) is 17.8 Å². The Bertz CT molecular complexity index is 1060. The molecule has 0 saturated carbocycles. The number of ether oxygens (including phenoxy) is 1. The summed E-state index contributed by atoms with van der Waals surface area (Å²) >= 11 is 0. The Hall–Kier alpha value is -4.06. The van der Waals surface area contributed by atoms with E-state index >= 15 is 0 Å². The first-order valence-electron chi connectivity index (χ1n) is 9.80. The van der Waals surface area contributed by atoms with Gasteiger partial charge in [-0.25, -0.2) is 0 Å². The fraction of sp³-hybridized carbons (Fsp3) is 0.120. The molecule has 0 aliphatic rings. The molecular weight excluding hydrogens is 390 g/mol. The summed E-state index contributed by atoms with van der Waals surface area (Å²) in [5.74, 6) is -0.628. The SMILES string of the molecule is C=CCc1cc(C(Nc2ccc(C(=N)N)cc2)C(=O)[O-])ccc1OCc1ccccc1. The number of carbonyl (C=O) groups excluding carboxylic acids is 1. The lowest BCUT2D eigenvalue weighted by molar-refractivity contribution is -0.307. The van der Waals surface area contributed by atoms with Gasteiger partial charge in [0.15, 0.2) is 0 Å². The number of benzene rings is 3. The van der Waals surface area contributed by atoms with Crippen LogP contribution >= 0.6 is 0 Å². The summed E-state index contributed by atoms with van der Waals surface area (Å²) in [4.78, 5) is 11.9. The zero-order valence-corrected chi connectivity index (χ0v) is 17.0. The van der Waals surface area contributed by atoms with Crippen LogP contribution < -0.4 is 20.9 Å². The van der Waals surface area contributed by atoms with Gasteiger partial charge in [0.25, 0.3) is 0 Å². The highest BCUT2D eigenvalue weighted by Gasteiger charge is 2.15. The van der Waals surface area contributed by atoms with Gasteiger partial charge in [-0.2, -0.15) is 0 Å². The topological polar surface area (TPSA) is 111 Å². The van der Waals surface area contributed by atoms with Gasteiger partial charge in [-0.05, 0) is 59.5 Å². The van der Waals surface area contributed by atoms with Crippen LogP contribution in [0.2, 0.25) is 0 Å². The number of anilines is 1. The Morgan fingerprint density at radius 3 is 2.45 bits per heavy atom. The van der Waals surface area contributed by atoms with Crippen LogP contribution in [0, 0.1) is 5.41 Å². The summed E-state index contributed by atoms with van der Waals surface area (Å²) in [7, 11) is 0. The molecule has 3 rings (SSSR count). The van der Waals surface area contributed by atoms with E-state index in [1.54, 1.807) is 48.5 Å². The fourth-order valence-corrected chi connectivity index (χ4v) is 3.16. The first-order valence-corrected chi connectivity index (χ1v) is 9.80. The smallest absolute Gasteiger partial charge is 0.123 e. The number of amidine groups is 1. The van der Waals surface area contributed by atoms with E-state index in [4.69, 9.17) is 15.9 Å². The highest BCUT2D eigenvalue weighted by Crippen LogP contribution is 2.27. The van der Waals surface area contributed by atoms with Crippen molar-refractivity contribution in [1.82, 2.24) is 0 Å². The molecule has 158 valence electrons. The lowest BCUT2D eigenvalue weighted by Gasteiger charge is -2.23. The third-order valence-electron chi connectivity index (χ3n) is 4.76. The lowest BCUT2D eigenvalue weighted by atomic mass is 10.0. The highest BCUT2D eigenvalue weighted by molar-refractivity contribution is 5.95. The number of nitrogens with two attached hydrogens (primary N) is 1. The van der Waals surface area contributed by atoms with Crippen LogP contribution in [0.1, 0.15) is 28.3 Å². The maximum Gasteiger partial charge on any atom is 0.123 e. The van der Waals surface area contributed by atoms with Gasteiger partial charge < -0.3 is 25.7 Å². The Morgan fingerprint density at radius 2 is 1.84 bits per heavy atom. The Kier molecular flexibility index (Phi) is 7.06. The number of hydrogen-bond donors (Lipinski definition) is 3. The fourth-order valence-electron chi connectivity index (χ4n) is 3.16. The van der Waals surface area contributed by atoms with Crippen molar-refractivity contribution in [3.8, 4) is 5.75 Å². The predicted molar refractivity (Wildman–Crippen MR) is 120 cm³/mol. The summed E-state index contributed by atoms with van der Waals surface area (Å²) in [6.07, 6.45) is 2.28. The number of hydrogen-bond acceptors (Lipinski definition) is 5. The molecule has 6 heteroatoms. The summed E-state index contributed by atoms with van der Waals surface area (Å²) in [6, 6.07) is 20.7. The number of carbonyl (C=O) groups is 1. The van der Waals surface area contributed by atoms with Gasteiger partial charge in [0, 0.05) is 11.3 Å². The molecule has 0 aromatic heterocycles. The minimum absolute atomic E-state index is 0.0526. The molecule has 3 aromatic rings. The summed E-state index contributed by atoms with van der Waals surface area (Å²) in [5.41, 5.74) is 9.02. The summed E-state index contributed by atoms with van der Waals surface area (Å²) in [6.45, 7) is 4.20. The Balaban J connectivity index is 1.82. The van der Waals surface area contributed by atoms with Gasteiger partial charge in [-0.1, -0.05) is 42.5 Å². The molecule has 0 spiro atoms. The largest absolute Gasteiger partial charge is 0.548 e. The number of nitrogens with one attached hydrogen (secondary N) is 2. The molecule has 0 heterocycles. The van der Waals surface area contributed by atoms with E-state index in [1.165, 1.54) is 0 Å². The average Bonchev–Trinajstić information content (AvgIpc) is 2.77. The quantitative estimate of drug-likeness (QED) is 0.268. The molecule has 1 unspecified atom stereocenters. The molecule has 31 heavy (non-hydrogen) atoms. The summed E-state index contributed by atoms with van der Waals surface area (Å²) < 4.78 is 5.96. The van der Waals surface area contributed by atoms with Crippen LogP contribution in [0.5, 0.6) is 5.75 Å². The second kappa shape index (κ2) is 10.1. The standard InChI is InChI=1S/C25H25N3O3/c1-2-6-19-15-20(11-14-22(19)31-16-17-7-4-3-5-8-17)23(25(29)30)28-21-12-9-18(10-13-21)24(26)27/h2-5,7-15,23,28H,1,6,16H2,(H3,26,27)(H,29,30)/p-1. The van der Waals surface area contributed by atoms with E-state index in [9.17, 15) is 9.90 Å². The van der Waals surface area contributed by atoms with Gasteiger partial charge >= 0.3 is 0 Å². The van der Waals surface area contributed by atoms with E-state index in [2.05, 4.69) is 11.9 Å². The first kappa shape index (κ1) is 21.6. The van der Waals surface area contributed by atoms with Crippen molar-refractivity contribution in [3.63, 3.8) is 0 Å². The molecule has 0 fully saturated rings. The van der Waals surface area contributed by atoms with Crippen molar-refractivity contribution in [1.29, 1.82) is 5.41 Å². The number of carboxylic acid groups (broad SMARTS) is 1. The maximum absolute atomic E-state index is 11.9. The van der Waals surface area contributed by atoms with Crippen molar-refractivity contribution in [2.24, 2.45) is 5.73 Å². The molecule has 0 bridgehead atoms. The Labute approximate surface area is 181 Å². The van der Waals surface area contributed by atoms with E-state index < -0.39 is 12.0 Å². The highest BCUT2D eigenvalue weighted by atomic mass is 16.5. The van der Waals surface area contributed by atoms with Gasteiger partial charge in [0.05, 0.1) is 12.0 Å². The van der Waals surface area contributed by atoms with Crippen molar-refractivity contribution in [2.45, 2.75) is 19.1 Å². The molecule has 1 atom stereocenters. The molecule has 3 aromatic carbocycles. The normalized spacial score (nSPS) is 11.4.